The first-order valence-electron chi connectivity index (χ1n) is 14.8. The van der Waals surface area contributed by atoms with Crippen molar-refractivity contribution < 1.29 is 27.1 Å². The normalized spacial score (nSPS) is 15.8. The minimum Gasteiger partial charge on any atom is -0.459 e. The summed E-state index contributed by atoms with van der Waals surface area (Å²) in [5.74, 6) is -2.24. The molecule has 2 N–H and O–H groups in total. The van der Waals surface area contributed by atoms with Gasteiger partial charge in [-0.1, -0.05) is 54.9 Å². The number of hydrogen-bond acceptors (Lipinski definition) is 6. The lowest BCUT2D eigenvalue weighted by atomic mass is 9.88. The summed E-state index contributed by atoms with van der Waals surface area (Å²) in [6, 6.07) is 14.3. The molecule has 4 rings (SSSR count). The lowest BCUT2D eigenvalue weighted by molar-refractivity contribution is -0.157. The van der Waals surface area contributed by atoms with E-state index in [1.807, 2.05) is 37.3 Å². The van der Waals surface area contributed by atoms with Crippen LogP contribution in [0.4, 0.5) is 10.1 Å². The van der Waals surface area contributed by atoms with Crippen molar-refractivity contribution in [2.45, 2.75) is 103 Å². The van der Waals surface area contributed by atoms with E-state index in [0.29, 0.717) is 21.8 Å². The number of nitrogens with one attached hydrogen (secondary N) is 2. The first-order valence-corrected chi connectivity index (χ1v) is 16.7. The third-order valence-corrected chi connectivity index (χ3v) is 9.48. The largest absolute Gasteiger partial charge is 0.459 e. The van der Waals surface area contributed by atoms with E-state index in [9.17, 15) is 13.2 Å². The molecule has 0 bridgehead atoms. The van der Waals surface area contributed by atoms with E-state index in [4.69, 9.17) is 21.1 Å². The van der Waals surface area contributed by atoms with Gasteiger partial charge in [-0.3, -0.25) is 4.79 Å². The molecular weight excluding hydrogens is 603 g/mol. The fraction of sp³-hybridized carbons (Fsp3) is 0.441. The topological polar surface area (TPSA) is 93.7 Å². The number of halogens is 2. The molecule has 7 nitrogen and oxygen atoms in total. The van der Waals surface area contributed by atoms with Gasteiger partial charge in [-0.2, -0.15) is 4.72 Å². The Hall–Kier alpha value is -2.98. The van der Waals surface area contributed by atoms with E-state index in [-0.39, 0.29) is 23.1 Å². The van der Waals surface area contributed by atoms with Gasteiger partial charge in [-0.25, -0.2) is 12.8 Å². The zero-order valence-corrected chi connectivity index (χ0v) is 27.9. The highest BCUT2D eigenvalue weighted by Crippen LogP contribution is 2.38. The van der Waals surface area contributed by atoms with E-state index >= 15 is 4.39 Å². The predicted molar refractivity (Wildman–Crippen MR) is 172 cm³/mol. The summed E-state index contributed by atoms with van der Waals surface area (Å²) in [4.78, 5) is 13.6. The van der Waals surface area contributed by atoms with Gasteiger partial charge in [0.05, 0.1) is 18.4 Å². The van der Waals surface area contributed by atoms with Gasteiger partial charge in [-0.15, -0.1) is 0 Å². The molecule has 0 aromatic heterocycles. The molecule has 44 heavy (non-hydrogen) atoms. The van der Waals surface area contributed by atoms with E-state index in [0.717, 1.165) is 24.0 Å². The van der Waals surface area contributed by atoms with E-state index in [1.165, 1.54) is 6.07 Å². The van der Waals surface area contributed by atoms with Crippen molar-refractivity contribution in [2.24, 2.45) is 0 Å². The quantitative estimate of drug-likeness (QED) is 0.196. The molecule has 1 aliphatic rings. The lowest BCUT2D eigenvalue weighted by Crippen LogP contribution is -2.47. The summed E-state index contributed by atoms with van der Waals surface area (Å²) in [5.41, 5.74) is 2.36. The second-order valence-electron chi connectivity index (χ2n) is 12.6. The number of carbonyl (C=O) groups excluding carboxylic acids is 1. The van der Waals surface area contributed by atoms with Gasteiger partial charge in [0, 0.05) is 22.5 Å². The van der Waals surface area contributed by atoms with Crippen LogP contribution in [0.1, 0.15) is 87.3 Å². The number of hydrogen-bond donors (Lipinski definition) is 2. The molecule has 0 radical (unpaired) electrons. The number of ether oxygens (including phenoxy) is 2. The Bertz CT molecular complexity index is 1600. The smallest absolute Gasteiger partial charge is 0.325 e. The van der Waals surface area contributed by atoms with Crippen molar-refractivity contribution in [2.75, 3.05) is 5.32 Å². The van der Waals surface area contributed by atoms with Crippen molar-refractivity contribution >= 4 is 33.3 Å². The van der Waals surface area contributed by atoms with Gasteiger partial charge >= 0.3 is 5.97 Å². The second kappa shape index (κ2) is 13.6. The number of aryl methyl sites for hydroxylation is 1. The van der Waals surface area contributed by atoms with Gasteiger partial charge in [0.2, 0.25) is 10.0 Å². The van der Waals surface area contributed by atoms with Crippen molar-refractivity contribution in [3.8, 4) is 0 Å². The summed E-state index contributed by atoms with van der Waals surface area (Å²) >= 11 is 6.52. The first kappa shape index (κ1) is 33.9. The average molecular weight is 645 g/mol. The Morgan fingerprint density at radius 2 is 1.73 bits per heavy atom. The predicted octanol–water partition coefficient (Wildman–Crippen LogP) is 7.74. The molecule has 3 aromatic rings. The van der Waals surface area contributed by atoms with Crippen LogP contribution >= 0.6 is 11.6 Å². The van der Waals surface area contributed by atoms with Crippen LogP contribution in [0, 0.1) is 19.7 Å². The van der Waals surface area contributed by atoms with Crippen LogP contribution in [0.25, 0.3) is 0 Å². The van der Waals surface area contributed by atoms with Crippen LogP contribution in [-0.4, -0.2) is 32.1 Å². The minimum absolute atomic E-state index is 0.0726. The van der Waals surface area contributed by atoms with Crippen LogP contribution in [-0.2, 0) is 30.9 Å². The zero-order chi connectivity index (χ0) is 32.4. The van der Waals surface area contributed by atoms with Crippen LogP contribution in [0.2, 0.25) is 5.02 Å². The Morgan fingerprint density at radius 3 is 2.34 bits per heavy atom. The summed E-state index contributed by atoms with van der Waals surface area (Å²) in [5, 5.41) is 3.63. The van der Waals surface area contributed by atoms with E-state index in [2.05, 4.69) is 10.0 Å². The highest BCUT2D eigenvalue weighted by molar-refractivity contribution is 7.89. The number of esters is 1. The Balaban J connectivity index is 1.79. The molecule has 238 valence electrons. The van der Waals surface area contributed by atoms with Crippen LogP contribution < -0.4 is 10.0 Å². The number of carbonyl (C=O) groups is 1. The molecule has 0 spiro atoms. The number of anilines is 1. The molecule has 1 aliphatic carbocycles. The Labute approximate surface area is 265 Å². The molecule has 3 aromatic carbocycles. The fourth-order valence-electron chi connectivity index (χ4n) is 5.13. The van der Waals surface area contributed by atoms with Crippen LogP contribution in [0.3, 0.4) is 0 Å². The van der Waals surface area contributed by atoms with Crippen LogP contribution in [0.5, 0.6) is 0 Å². The second-order valence-corrected chi connectivity index (χ2v) is 14.6. The number of sulfonamides is 1. The van der Waals surface area contributed by atoms with E-state index in [1.54, 1.807) is 59.7 Å². The molecule has 2 unspecified atom stereocenters. The van der Waals surface area contributed by atoms with Gasteiger partial charge in [-0.05, 0) is 94.8 Å². The molecule has 0 aliphatic heterocycles. The van der Waals surface area contributed by atoms with Gasteiger partial charge in [0.25, 0.3) is 0 Å². The SMILES string of the molecule is Cc1ccc(F)c(C(C)[C@H](NS(=O)(=O)c2c(NC3CC3)cc(Cl)cc2C(C)OCc2ccccc2)C(=O)OC(C)(C)C)c1C. The third-order valence-electron chi connectivity index (χ3n) is 7.70. The van der Waals surface area contributed by atoms with E-state index < -0.39 is 45.5 Å². The summed E-state index contributed by atoms with van der Waals surface area (Å²) in [6.07, 6.45) is 1.09. The molecule has 1 saturated carbocycles. The highest BCUT2D eigenvalue weighted by Gasteiger charge is 2.39. The van der Waals surface area contributed by atoms with Crippen molar-refractivity contribution in [1.29, 1.82) is 0 Å². The molecule has 1 fully saturated rings. The van der Waals surface area contributed by atoms with Gasteiger partial charge in [0.15, 0.2) is 0 Å². The van der Waals surface area contributed by atoms with Crippen LogP contribution in [0.15, 0.2) is 59.5 Å². The molecule has 10 heteroatoms. The molecule has 0 heterocycles. The number of rotatable bonds is 12. The molecule has 0 saturated heterocycles. The molecular formula is C34H42ClFN2O5S. The minimum atomic E-state index is -4.45. The zero-order valence-electron chi connectivity index (χ0n) is 26.3. The number of benzene rings is 3. The van der Waals surface area contributed by atoms with Gasteiger partial charge < -0.3 is 14.8 Å². The Kier molecular flexibility index (Phi) is 10.5. The third kappa shape index (κ3) is 8.38. The van der Waals surface area contributed by atoms with Gasteiger partial charge in [0.1, 0.15) is 22.4 Å². The monoisotopic (exact) mass is 644 g/mol. The van der Waals surface area contributed by atoms with Crippen molar-refractivity contribution in [1.82, 2.24) is 4.72 Å². The lowest BCUT2D eigenvalue weighted by Gasteiger charge is -2.30. The summed E-state index contributed by atoms with van der Waals surface area (Å²) < 4.78 is 58.6. The molecule has 0 amide bonds. The standard InChI is InChI=1S/C34H42ClFN2O5S/c1-20-13-16-28(36)30(21(20)2)22(3)31(33(39)43-34(5,6)7)38-44(40,41)32-27(17-25(35)18-29(32)37-26-14-15-26)23(4)42-19-24-11-9-8-10-12-24/h8-13,16-18,22-23,26,31,37-38H,14-15,19H2,1-7H3/t22?,23?,31-/m0/s1. The maximum Gasteiger partial charge on any atom is 0.325 e. The maximum atomic E-state index is 15.3. The summed E-state index contributed by atoms with van der Waals surface area (Å²) in [7, 11) is -4.45. The van der Waals surface area contributed by atoms with Crippen molar-refractivity contribution in [3.05, 3.63) is 93.3 Å². The average Bonchev–Trinajstić information content (AvgIpc) is 3.75. The molecule has 3 atom stereocenters. The van der Waals surface area contributed by atoms with Crippen molar-refractivity contribution in [3.63, 3.8) is 0 Å². The highest BCUT2D eigenvalue weighted by atomic mass is 35.5. The fourth-order valence-corrected chi connectivity index (χ4v) is 7.05. The maximum absolute atomic E-state index is 15.3. The Morgan fingerprint density at radius 1 is 1.07 bits per heavy atom. The first-order chi connectivity index (χ1) is 20.6. The summed E-state index contributed by atoms with van der Waals surface area (Å²) in [6.45, 7) is 12.3.